The van der Waals surface area contributed by atoms with E-state index in [1.165, 1.54) is 5.56 Å². The summed E-state index contributed by atoms with van der Waals surface area (Å²) in [4.78, 5) is 0. The van der Waals surface area contributed by atoms with Crippen LogP contribution in [0, 0.1) is 34.0 Å². The van der Waals surface area contributed by atoms with Gasteiger partial charge in [0.15, 0.2) is 0 Å². The number of fused-ring (bicyclic) bond motifs is 6. The van der Waals surface area contributed by atoms with Crippen LogP contribution in [0.4, 0.5) is 0 Å². The predicted octanol–water partition coefficient (Wildman–Crippen LogP) is 8.97. The Hall–Kier alpha value is -6.35. The third kappa shape index (κ3) is 3.56. The van der Waals surface area contributed by atoms with Crippen LogP contribution in [0.3, 0.4) is 0 Å². The second-order valence-electron chi connectivity index (χ2n) is 11.0. The maximum absolute atomic E-state index is 11.0. The zero-order chi connectivity index (χ0) is 29.8. The number of nitriles is 3. The second kappa shape index (κ2) is 9.88. The number of aryl methyl sites for hydroxylation is 1. The third-order valence-electron chi connectivity index (χ3n) is 8.72. The molecule has 0 saturated heterocycles. The van der Waals surface area contributed by atoms with Gasteiger partial charge in [-0.2, -0.15) is 15.8 Å². The summed E-state index contributed by atoms with van der Waals surface area (Å²) < 4.78 is 4.26. The molecule has 0 aliphatic heterocycles. The summed E-state index contributed by atoms with van der Waals surface area (Å²) in [5, 5.41) is 34.7. The molecule has 0 amide bonds. The van der Waals surface area contributed by atoms with Crippen molar-refractivity contribution < 1.29 is 0 Å². The summed E-state index contributed by atoms with van der Waals surface area (Å²) in [7, 11) is 0. The molecule has 44 heavy (non-hydrogen) atoms. The van der Waals surface area contributed by atoms with Gasteiger partial charge in [-0.1, -0.05) is 72.8 Å². The van der Waals surface area contributed by atoms with Gasteiger partial charge in [-0.25, -0.2) is 0 Å². The van der Waals surface area contributed by atoms with Gasteiger partial charge in [0.05, 0.1) is 50.7 Å². The first-order valence-corrected chi connectivity index (χ1v) is 14.5. The van der Waals surface area contributed by atoms with Crippen LogP contribution in [0.2, 0.25) is 0 Å². The monoisotopic (exact) mass is 561 g/mol. The van der Waals surface area contributed by atoms with E-state index >= 15 is 0 Å². The maximum Gasteiger partial charge on any atom is 0.102 e. The molecule has 1 aliphatic rings. The first-order chi connectivity index (χ1) is 21.7. The largest absolute Gasteiger partial charge is 0.308 e. The molecule has 2 heterocycles. The van der Waals surface area contributed by atoms with Crippen LogP contribution in [0.5, 0.6) is 0 Å². The minimum atomic E-state index is 0.460. The van der Waals surface area contributed by atoms with Crippen molar-refractivity contribution in [3.05, 3.63) is 137 Å². The smallest absolute Gasteiger partial charge is 0.102 e. The number of allylic oxidation sites excluding steroid dienone is 1. The Labute approximate surface area is 254 Å². The highest BCUT2D eigenvalue weighted by atomic mass is 15.0. The number of para-hydroxylation sites is 3. The van der Waals surface area contributed by atoms with E-state index in [0.717, 1.165) is 56.8 Å². The summed E-state index contributed by atoms with van der Waals surface area (Å²) in [6.07, 6.45) is 6.15. The summed E-state index contributed by atoms with van der Waals surface area (Å²) in [6.45, 7) is 0. The lowest BCUT2D eigenvalue weighted by molar-refractivity contribution is 0.966. The van der Waals surface area contributed by atoms with E-state index < -0.39 is 0 Å². The average molecular weight is 562 g/mol. The lowest BCUT2D eigenvalue weighted by Gasteiger charge is -2.22. The van der Waals surface area contributed by atoms with Crippen LogP contribution in [0.25, 0.3) is 61.3 Å². The van der Waals surface area contributed by atoms with Crippen molar-refractivity contribution >= 4 is 38.8 Å². The van der Waals surface area contributed by atoms with Crippen LogP contribution in [-0.4, -0.2) is 9.13 Å². The van der Waals surface area contributed by atoms with Gasteiger partial charge in [-0.15, -0.1) is 0 Å². The van der Waals surface area contributed by atoms with Crippen molar-refractivity contribution in [2.45, 2.75) is 12.8 Å². The molecule has 5 aromatic carbocycles. The molecular weight excluding hydrogens is 538 g/mol. The van der Waals surface area contributed by atoms with Crippen LogP contribution in [-0.2, 0) is 6.42 Å². The average Bonchev–Trinajstić information content (AvgIpc) is 3.60. The molecule has 0 N–H and O–H groups in total. The first-order valence-electron chi connectivity index (χ1n) is 14.5. The van der Waals surface area contributed by atoms with Crippen LogP contribution >= 0.6 is 0 Å². The van der Waals surface area contributed by atoms with Crippen LogP contribution in [0.15, 0.2) is 109 Å². The SMILES string of the molecule is N#Cc1ccc(-c2c(C#N)c(-n3c4ccccc4c4ccccc43)cc(C#N)c2-n2c3c(c4ccccc42)CCC=C3)cc1. The van der Waals surface area contributed by atoms with Gasteiger partial charge >= 0.3 is 0 Å². The van der Waals surface area contributed by atoms with Gasteiger partial charge in [0, 0.05) is 27.4 Å². The number of benzene rings is 5. The van der Waals surface area contributed by atoms with Crippen LogP contribution in [0.1, 0.15) is 34.4 Å². The topological polar surface area (TPSA) is 81.2 Å². The molecule has 7 aromatic rings. The molecule has 8 rings (SSSR count). The second-order valence-corrected chi connectivity index (χ2v) is 11.0. The maximum atomic E-state index is 11.0. The van der Waals surface area contributed by atoms with Crippen molar-refractivity contribution in [3.63, 3.8) is 0 Å². The summed E-state index contributed by atoms with van der Waals surface area (Å²) in [5.41, 5.74) is 9.36. The van der Waals surface area contributed by atoms with Crippen molar-refractivity contribution in [1.29, 1.82) is 15.8 Å². The number of aromatic nitrogens is 2. The van der Waals surface area contributed by atoms with Gasteiger partial charge in [-0.3, -0.25) is 0 Å². The van der Waals surface area contributed by atoms with Gasteiger partial charge in [0.25, 0.3) is 0 Å². The fraction of sp³-hybridized carbons (Fsp3) is 0.0513. The zero-order valence-electron chi connectivity index (χ0n) is 23.6. The first kappa shape index (κ1) is 25.4. The molecule has 0 radical (unpaired) electrons. The van der Waals surface area contributed by atoms with E-state index in [0.29, 0.717) is 33.6 Å². The highest BCUT2D eigenvalue weighted by Crippen LogP contribution is 2.43. The quantitative estimate of drug-likeness (QED) is 0.216. The molecule has 5 heteroatoms. The fourth-order valence-electron chi connectivity index (χ4n) is 6.87. The molecule has 1 aliphatic carbocycles. The zero-order valence-corrected chi connectivity index (χ0v) is 23.6. The lowest BCUT2D eigenvalue weighted by Crippen LogP contribution is -2.09. The molecule has 0 fully saturated rings. The Morgan fingerprint density at radius 2 is 1.23 bits per heavy atom. The highest BCUT2D eigenvalue weighted by molar-refractivity contribution is 6.09. The number of rotatable bonds is 3. The lowest BCUT2D eigenvalue weighted by atomic mass is 9.92. The molecule has 0 atom stereocenters. The minimum absolute atomic E-state index is 0.460. The number of nitrogens with zero attached hydrogens (tertiary/aromatic N) is 5. The third-order valence-corrected chi connectivity index (χ3v) is 8.72. The highest BCUT2D eigenvalue weighted by Gasteiger charge is 2.28. The Morgan fingerprint density at radius 1 is 0.614 bits per heavy atom. The van der Waals surface area contributed by atoms with Gasteiger partial charge in [-0.05, 0) is 66.4 Å². The van der Waals surface area contributed by atoms with Crippen molar-refractivity contribution in [2.75, 3.05) is 0 Å². The summed E-state index contributed by atoms with van der Waals surface area (Å²) in [5.74, 6) is 0. The molecule has 2 aromatic heterocycles. The normalized spacial score (nSPS) is 12.2. The minimum Gasteiger partial charge on any atom is -0.308 e. The van der Waals surface area contributed by atoms with Crippen molar-refractivity contribution in [1.82, 2.24) is 9.13 Å². The van der Waals surface area contributed by atoms with E-state index in [1.54, 1.807) is 12.1 Å². The number of hydrogen-bond donors (Lipinski definition) is 0. The van der Waals surface area contributed by atoms with Gasteiger partial charge < -0.3 is 9.13 Å². The molecule has 204 valence electrons. The Balaban J connectivity index is 1.58. The van der Waals surface area contributed by atoms with E-state index in [4.69, 9.17) is 0 Å². The Bertz CT molecular complexity index is 2410. The van der Waals surface area contributed by atoms with E-state index in [-0.39, 0.29) is 0 Å². The molecule has 0 unspecified atom stereocenters. The molecule has 0 saturated carbocycles. The Kier molecular flexibility index (Phi) is 5.70. The van der Waals surface area contributed by atoms with Gasteiger partial charge in [0.1, 0.15) is 12.1 Å². The van der Waals surface area contributed by atoms with Gasteiger partial charge in [0.2, 0.25) is 0 Å². The van der Waals surface area contributed by atoms with Crippen LogP contribution < -0.4 is 0 Å². The summed E-state index contributed by atoms with van der Waals surface area (Å²) >= 11 is 0. The standard InChI is InChI=1S/C39H23N5/c40-22-25-17-19-26(20-18-25)38-32(24-42)37(43-33-13-5-1-9-28(33)29-10-2-6-14-34(29)43)21-27(23-41)39(38)44-35-15-7-3-11-30(35)31-12-4-8-16-36(31)44/h1-3,5-11,13-21H,4,12H2. The predicted molar refractivity (Wildman–Crippen MR) is 175 cm³/mol. The summed E-state index contributed by atoms with van der Waals surface area (Å²) in [6, 6.07) is 41.0. The molecule has 5 nitrogen and oxygen atoms in total. The van der Waals surface area contributed by atoms with Crippen molar-refractivity contribution in [3.8, 4) is 40.7 Å². The molecular formula is C39H23N5. The van der Waals surface area contributed by atoms with E-state index in [9.17, 15) is 15.8 Å². The van der Waals surface area contributed by atoms with E-state index in [2.05, 4.69) is 75.9 Å². The van der Waals surface area contributed by atoms with E-state index in [1.807, 2.05) is 54.6 Å². The molecule has 0 bridgehead atoms. The Morgan fingerprint density at radius 3 is 1.84 bits per heavy atom. The van der Waals surface area contributed by atoms with Crippen molar-refractivity contribution in [2.24, 2.45) is 0 Å². The fourth-order valence-corrected chi connectivity index (χ4v) is 6.87. The molecule has 0 spiro atoms. The number of hydrogen-bond acceptors (Lipinski definition) is 3.